The van der Waals surface area contributed by atoms with Crippen LogP contribution in [0.25, 0.3) is 11.4 Å². The Kier molecular flexibility index (Phi) is 3.93. The highest BCUT2D eigenvalue weighted by molar-refractivity contribution is 6.06. The average Bonchev–Trinajstić information content (AvgIpc) is 3.02. The fraction of sp³-hybridized carbons (Fsp3) is 0.111. The second-order valence-corrected chi connectivity index (χ2v) is 5.93. The molecular weight excluding hydrogens is 349 g/mol. The van der Waals surface area contributed by atoms with E-state index in [9.17, 15) is 14.4 Å². The van der Waals surface area contributed by atoms with E-state index >= 15 is 0 Å². The van der Waals surface area contributed by atoms with Crippen LogP contribution in [0.2, 0.25) is 0 Å². The van der Waals surface area contributed by atoms with Gasteiger partial charge in [0.2, 0.25) is 5.95 Å². The molecule has 8 nitrogen and oxygen atoms in total. The molecule has 1 aromatic carbocycles. The Labute approximate surface area is 153 Å². The normalized spacial score (nSPS) is 12.8. The quantitative estimate of drug-likeness (QED) is 0.563. The molecule has 0 aliphatic carbocycles. The van der Waals surface area contributed by atoms with Gasteiger partial charge in [-0.2, -0.15) is 5.26 Å². The number of anilines is 3. The first-order valence-electron chi connectivity index (χ1n) is 8.16. The minimum atomic E-state index is -0.649. The van der Waals surface area contributed by atoms with Crippen molar-refractivity contribution in [1.82, 2.24) is 20.3 Å². The van der Waals surface area contributed by atoms with Gasteiger partial charge < -0.3 is 21.4 Å². The van der Waals surface area contributed by atoms with Crippen LogP contribution in [-0.4, -0.2) is 27.4 Å². The summed E-state index contributed by atoms with van der Waals surface area (Å²) in [7, 11) is 0. The minimum absolute atomic E-state index is 0.0824. The molecule has 0 unspecified atom stereocenters. The number of hydrogen-bond donors (Lipinski definition) is 4. The maximum Gasteiger partial charge on any atom is 0.255 e. The Bertz CT molecular complexity index is 1100. The third-order valence-corrected chi connectivity index (χ3v) is 4.28. The van der Waals surface area contributed by atoms with Gasteiger partial charge in [-0.05, 0) is 18.2 Å². The van der Waals surface area contributed by atoms with E-state index in [-0.39, 0.29) is 23.1 Å². The molecule has 0 radical (unpaired) electrons. The van der Waals surface area contributed by atoms with E-state index in [0.717, 1.165) is 5.69 Å². The van der Waals surface area contributed by atoms with E-state index in [2.05, 4.69) is 25.6 Å². The molecule has 0 saturated carbocycles. The van der Waals surface area contributed by atoms with Gasteiger partial charge in [0.05, 0.1) is 28.3 Å². The summed E-state index contributed by atoms with van der Waals surface area (Å²) in [6.07, 6.45) is 2.11. The van der Waals surface area contributed by atoms with Crippen molar-refractivity contribution in [2.45, 2.75) is 6.42 Å². The van der Waals surface area contributed by atoms with E-state index in [1.54, 1.807) is 12.1 Å². The molecule has 134 valence electrons. The van der Waals surface area contributed by atoms with Crippen LogP contribution in [0.3, 0.4) is 0 Å². The Morgan fingerprint density at radius 1 is 1.33 bits per heavy atom. The van der Waals surface area contributed by atoms with Crippen molar-refractivity contribution in [3.05, 3.63) is 53.1 Å². The molecule has 0 saturated heterocycles. The number of carbonyl (C=O) groups excluding carboxylic acids is 1. The smallest absolute Gasteiger partial charge is 0.255 e. The zero-order valence-corrected chi connectivity index (χ0v) is 14.0. The predicted octanol–water partition coefficient (Wildman–Crippen LogP) is 2.09. The van der Waals surface area contributed by atoms with Crippen molar-refractivity contribution < 1.29 is 9.18 Å². The number of nitriles is 1. The monoisotopic (exact) mass is 363 g/mol. The second-order valence-electron chi connectivity index (χ2n) is 5.93. The molecule has 1 aliphatic heterocycles. The maximum absolute atomic E-state index is 14.0. The van der Waals surface area contributed by atoms with Gasteiger partial charge >= 0.3 is 0 Å². The van der Waals surface area contributed by atoms with Crippen LogP contribution in [0.5, 0.6) is 0 Å². The number of carbonyl (C=O) groups is 1. The van der Waals surface area contributed by atoms with Gasteiger partial charge in [0.25, 0.3) is 5.91 Å². The molecule has 0 bridgehead atoms. The molecule has 1 amide bonds. The molecule has 0 atom stereocenters. The Hall–Kier alpha value is -3.93. The Balaban J connectivity index is 1.91. The van der Waals surface area contributed by atoms with Crippen molar-refractivity contribution in [3.63, 3.8) is 0 Å². The summed E-state index contributed by atoms with van der Waals surface area (Å²) < 4.78 is 14.0. The number of halogens is 1. The van der Waals surface area contributed by atoms with Crippen molar-refractivity contribution in [1.29, 1.82) is 5.26 Å². The van der Waals surface area contributed by atoms with E-state index in [0.29, 0.717) is 35.6 Å². The minimum Gasteiger partial charge on any atom is -0.368 e. The largest absolute Gasteiger partial charge is 0.368 e. The molecule has 5 N–H and O–H groups in total. The van der Waals surface area contributed by atoms with Gasteiger partial charge in [-0.15, -0.1) is 0 Å². The lowest BCUT2D eigenvalue weighted by molar-refractivity contribution is 0.0947. The van der Waals surface area contributed by atoms with E-state index in [4.69, 9.17) is 5.73 Å². The maximum atomic E-state index is 14.0. The third-order valence-electron chi connectivity index (χ3n) is 4.28. The number of H-pyrrole nitrogens is 1. The number of benzene rings is 1. The summed E-state index contributed by atoms with van der Waals surface area (Å²) >= 11 is 0. The highest BCUT2D eigenvalue weighted by Crippen LogP contribution is 2.36. The molecule has 2 aromatic heterocycles. The van der Waals surface area contributed by atoms with Crippen molar-refractivity contribution in [2.75, 3.05) is 17.6 Å². The summed E-state index contributed by atoms with van der Waals surface area (Å²) in [4.78, 5) is 23.7. The first kappa shape index (κ1) is 16.5. The topological polar surface area (TPSA) is 133 Å². The molecule has 0 spiro atoms. The fourth-order valence-electron chi connectivity index (χ4n) is 3.09. The SMILES string of the molecule is N#Cc1c(F)cccc1Nc1c(-c2ccnc(N)n2)[nH]c2c1C(=O)NCC2. The lowest BCUT2D eigenvalue weighted by atomic mass is 10.1. The van der Waals surface area contributed by atoms with Crippen LogP contribution in [0, 0.1) is 17.1 Å². The average molecular weight is 363 g/mol. The first-order valence-corrected chi connectivity index (χ1v) is 8.16. The van der Waals surface area contributed by atoms with Crippen LogP contribution in [0.4, 0.5) is 21.7 Å². The summed E-state index contributed by atoms with van der Waals surface area (Å²) in [5, 5.41) is 15.1. The van der Waals surface area contributed by atoms with Gasteiger partial charge in [0, 0.05) is 24.9 Å². The number of aromatic amines is 1. The van der Waals surface area contributed by atoms with Crippen molar-refractivity contribution in [3.8, 4) is 17.5 Å². The molecule has 3 aromatic rings. The summed E-state index contributed by atoms with van der Waals surface area (Å²) in [6.45, 7) is 0.501. The first-order chi connectivity index (χ1) is 13.1. The molecule has 0 fully saturated rings. The van der Waals surface area contributed by atoms with Gasteiger partial charge in [-0.25, -0.2) is 14.4 Å². The van der Waals surface area contributed by atoms with Gasteiger partial charge in [-0.1, -0.05) is 6.07 Å². The summed E-state index contributed by atoms with van der Waals surface area (Å²) in [6, 6.07) is 7.75. The van der Waals surface area contributed by atoms with Crippen LogP contribution in [0.15, 0.2) is 30.5 Å². The number of nitrogens with one attached hydrogen (secondary N) is 3. The van der Waals surface area contributed by atoms with Gasteiger partial charge in [0.15, 0.2) is 0 Å². The highest BCUT2D eigenvalue weighted by Gasteiger charge is 2.28. The summed E-state index contributed by atoms with van der Waals surface area (Å²) in [5.41, 5.74) is 8.32. The molecule has 3 heterocycles. The zero-order valence-electron chi connectivity index (χ0n) is 14.0. The molecular formula is C18H14FN7O. The van der Waals surface area contributed by atoms with E-state index in [1.165, 1.54) is 18.3 Å². The lowest BCUT2D eigenvalue weighted by Crippen LogP contribution is -2.31. The zero-order chi connectivity index (χ0) is 19.0. The molecule has 1 aliphatic rings. The van der Waals surface area contributed by atoms with Crippen LogP contribution < -0.4 is 16.4 Å². The Morgan fingerprint density at radius 2 is 2.19 bits per heavy atom. The lowest BCUT2D eigenvalue weighted by Gasteiger charge is -2.15. The number of hydrogen-bond acceptors (Lipinski definition) is 6. The highest BCUT2D eigenvalue weighted by atomic mass is 19.1. The van der Waals surface area contributed by atoms with Gasteiger partial charge in [0.1, 0.15) is 17.4 Å². The third kappa shape index (κ3) is 2.83. The number of nitrogens with zero attached hydrogens (tertiary/aromatic N) is 3. The van der Waals surface area contributed by atoms with Crippen molar-refractivity contribution in [2.24, 2.45) is 0 Å². The number of aromatic nitrogens is 3. The van der Waals surface area contributed by atoms with Crippen LogP contribution in [-0.2, 0) is 6.42 Å². The standard InChI is InChI=1S/C18H14FN7O/c19-10-2-1-3-11(9(10)8-20)24-16-14-12(4-6-22-17(14)27)25-15(16)13-5-7-23-18(21)26-13/h1-3,5,7,24-25H,4,6H2,(H,22,27)(H2,21,23,26). The fourth-order valence-corrected chi connectivity index (χ4v) is 3.09. The second kappa shape index (κ2) is 6.42. The van der Waals surface area contributed by atoms with Crippen LogP contribution >= 0.6 is 0 Å². The molecule has 9 heteroatoms. The number of nitrogen functional groups attached to an aromatic ring is 1. The van der Waals surface area contributed by atoms with Crippen molar-refractivity contribution >= 4 is 23.2 Å². The number of rotatable bonds is 3. The number of amides is 1. The van der Waals surface area contributed by atoms with E-state index < -0.39 is 5.82 Å². The van der Waals surface area contributed by atoms with Gasteiger partial charge in [-0.3, -0.25) is 4.79 Å². The predicted molar refractivity (Wildman–Crippen MR) is 96.7 cm³/mol. The van der Waals surface area contributed by atoms with Crippen LogP contribution in [0.1, 0.15) is 21.6 Å². The number of fused-ring (bicyclic) bond motifs is 1. The molecule has 27 heavy (non-hydrogen) atoms. The van der Waals surface area contributed by atoms with E-state index in [1.807, 2.05) is 6.07 Å². The number of nitrogens with two attached hydrogens (primary N) is 1. The molecule has 4 rings (SSSR count). The Morgan fingerprint density at radius 3 is 2.96 bits per heavy atom. The summed E-state index contributed by atoms with van der Waals surface area (Å²) in [5.74, 6) is -0.832.